The van der Waals surface area contributed by atoms with Crippen LogP contribution in [-0.2, 0) is 11.2 Å². The molecule has 0 spiro atoms. The average Bonchev–Trinajstić information content (AvgIpc) is 3.19. The van der Waals surface area contributed by atoms with Crippen LogP contribution in [0.1, 0.15) is 23.5 Å². The van der Waals surface area contributed by atoms with Crippen LogP contribution in [0.2, 0.25) is 0 Å². The lowest BCUT2D eigenvalue weighted by atomic mass is 10.0. The quantitative estimate of drug-likeness (QED) is 0.738. The van der Waals surface area contributed by atoms with Crippen molar-refractivity contribution in [1.82, 2.24) is 9.59 Å². The van der Waals surface area contributed by atoms with Crippen molar-refractivity contribution in [2.45, 2.75) is 18.8 Å². The molecule has 3 nitrogen and oxygen atoms in total. The first-order valence-electron chi connectivity index (χ1n) is 7.10. The Balaban J connectivity index is 1.47. The van der Waals surface area contributed by atoms with Crippen LogP contribution in [-0.4, -0.2) is 15.4 Å². The van der Waals surface area contributed by atoms with Gasteiger partial charge in [-0.2, -0.15) is 0 Å². The molecule has 2 aromatic carbocycles. The maximum atomic E-state index is 12.4. The zero-order valence-electron chi connectivity index (χ0n) is 11.4. The summed E-state index contributed by atoms with van der Waals surface area (Å²) in [4.78, 5) is 12.4. The number of hydrogen-bond acceptors (Lipinski definition) is 4. The molecule has 104 valence electrons. The molecule has 4 rings (SSSR count). The number of Topliss-reactive ketones (excluding diaryl/α,β-unsaturated/α-hetero) is 1. The fourth-order valence-electron chi connectivity index (χ4n) is 2.88. The summed E-state index contributed by atoms with van der Waals surface area (Å²) in [7, 11) is 0. The van der Waals surface area contributed by atoms with Crippen molar-refractivity contribution in [1.29, 1.82) is 0 Å². The smallest absolute Gasteiger partial charge is 0.140 e. The lowest BCUT2D eigenvalue weighted by Gasteiger charge is -2.02. The predicted molar refractivity (Wildman–Crippen MR) is 83.4 cm³/mol. The Bertz CT molecular complexity index is 797. The molecule has 1 aliphatic rings. The summed E-state index contributed by atoms with van der Waals surface area (Å²) in [5.74, 6) is 0.968. The fraction of sp³-hybridized carbons (Fsp3) is 0.235. The van der Waals surface area contributed by atoms with E-state index in [1.54, 1.807) is 0 Å². The largest absolute Gasteiger partial charge is 0.299 e. The summed E-state index contributed by atoms with van der Waals surface area (Å²) in [5.41, 5.74) is 3.26. The van der Waals surface area contributed by atoms with Crippen LogP contribution >= 0.6 is 11.5 Å². The second-order valence-corrected chi connectivity index (χ2v) is 6.36. The molecule has 3 aromatic rings. The molecule has 1 aromatic heterocycles. The molecule has 1 saturated carbocycles. The van der Waals surface area contributed by atoms with Crippen LogP contribution in [0, 0.1) is 5.92 Å². The van der Waals surface area contributed by atoms with E-state index in [0.717, 1.165) is 22.2 Å². The van der Waals surface area contributed by atoms with Crippen LogP contribution in [0.5, 0.6) is 0 Å². The number of hydrogen-bond donors (Lipinski definition) is 0. The van der Waals surface area contributed by atoms with Gasteiger partial charge in [0.15, 0.2) is 0 Å². The zero-order valence-corrected chi connectivity index (χ0v) is 12.2. The number of nitrogens with zero attached hydrogens (tertiary/aromatic N) is 2. The molecular formula is C17H14N2OS. The Morgan fingerprint density at radius 2 is 2.05 bits per heavy atom. The van der Waals surface area contributed by atoms with Crippen molar-refractivity contribution in [3.05, 3.63) is 59.7 Å². The highest BCUT2D eigenvalue weighted by Crippen LogP contribution is 2.48. The Morgan fingerprint density at radius 1 is 1.19 bits per heavy atom. The summed E-state index contributed by atoms with van der Waals surface area (Å²) in [6, 6.07) is 16.3. The number of carbonyl (C=O) groups is 1. The molecule has 1 heterocycles. The van der Waals surface area contributed by atoms with Crippen LogP contribution in [0.25, 0.3) is 10.2 Å². The summed E-state index contributed by atoms with van der Waals surface area (Å²) < 4.78 is 4.98. The summed E-state index contributed by atoms with van der Waals surface area (Å²) in [6.45, 7) is 0. The summed E-state index contributed by atoms with van der Waals surface area (Å²) >= 11 is 1.38. The van der Waals surface area contributed by atoms with E-state index in [-0.39, 0.29) is 5.92 Å². The second kappa shape index (κ2) is 5.04. The van der Waals surface area contributed by atoms with Gasteiger partial charge in [0.25, 0.3) is 0 Å². The minimum atomic E-state index is 0.197. The first-order valence-corrected chi connectivity index (χ1v) is 7.87. The van der Waals surface area contributed by atoms with Crippen molar-refractivity contribution in [2.75, 3.05) is 0 Å². The van der Waals surface area contributed by atoms with Gasteiger partial charge in [-0.05, 0) is 47.1 Å². The van der Waals surface area contributed by atoms with Crippen LogP contribution in [0.3, 0.4) is 0 Å². The van der Waals surface area contributed by atoms with E-state index in [4.69, 9.17) is 0 Å². The fourth-order valence-corrected chi connectivity index (χ4v) is 3.51. The van der Waals surface area contributed by atoms with Crippen LogP contribution in [0.4, 0.5) is 0 Å². The second-order valence-electron chi connectivity index (χ2n) is 5.58. The van der Waals surface area contributed by atoms with Crippen molar-refractivity contribution in [3.8, 4) is 0 Å². The molecule has 4 heteroatoms. The third-order valence-electron chi connectivity index (χ3n) is 4.12. The third-order valence-corrected chi connectivity index (χ3v) is 4.81. The lowest BCUT2D eigenvalue weighted by Crippen LogP contribution is -2.06. The van der Waals surface area contributed by atoms with Gasteiger partial charge in [-0.1, -0.05) is 40.9 Å². The topological polar surface area (TPSA) is 42.9 Å². The number of benzene rings is 2. The lowest BCUT2D eigenvalue weighted by molar-refractivity contribution is -0.119. The van der Waals surface area contributed by atoms with E-state index in [9.17, 15) is 4.79 Å². The standard InChI is InChI=1S/C17H14N2OS/c20-16(14-10-13(14)12-4-2-1-3-5-12)8-11-6-7-15-17(9-11)21-19-18-15/h1-7,9,13-14H,8,10H2/t13?,14-/m1/s1. The first-order chi connectivity index (χ1) is 10.3. The number of ketones is 1. The predicted octanol–water partition coefficient (Wildman–Crippen LogP) is 3.61. The molecule has 0 aliphatic heterocycles. The highest BCUT2D eigenvalue weighted by Gasteiger charge is 2.43. The summed E-state index contributed by atoms with van der Waals surface area (Å²) in [6.07, 6.45) is 1.51. The van der Waals surface area contributed by atoms with E-state index in [2.05, 4.69) is 21.7 Å². The van der Waals surface area contributed by atoms with Crippen molar-refractivity contribution in [2.24, 2.45) is 5.92 Å². The van der Waals surface area contributed by atoms with E-state index in [1.165, 1.54) is 17.1 Å². The van der Waals surface area contributed by atoms with Crippen molar-refractivity contribution in [3.63, 3.8) is 0 Å². The maximum absolute atomic E-state index is 12.4. The molecule has 1 unspecified atom stereocenters. The third kappa shape index (κ3) is 2.47. The monoisotopic (exact) mass is 294 g/mol. The molecule has 1 aliphatic carbocycles. The van der Waals surface area contributed by atoms with Gasteiger partial charge in [-0.25, -0.2) is 0 Å². The highest BCUT2D eigenvalue weighted by atomic mass is 32.1. The van der Waals surface area contributed by atoms with E-state index in [1.807, 2.05) is 36.4 Å². The number of carbonyl (C=O) groups excluding carboxylic acids is 1. The minimum absolute atomic E-state index is 0.197. The molecule has 2 atom stereocenters. The van der Waals surface area contributed by atoms with E-state index in [0.29, 0.717) is 18.1 Å². The van der Waals surface area contributed by atoms with E-state index >= 15 is 0 Å². The van der Waals surface area contributed by atoms with E-state index < -0.39 is 0 Å². The number of aromatic nitrogens is 2. The van der Waals surface area contributed by atoms with Gasteiger partial charge in [0.2, 0.25) is 0 Å². The maximum Gasteiger partial charge on any atom is 0.140 e. The molecule has 0 N–H and O–H groups in total. The zero-order chi connectivity index (χ0) is 14.2. The Hall–Kier alpha value is -2.07. The van der Waals surface area contributed by atoms with Gasteiger partial charge in [-0.3, -0.25) is 4.79 Å². The van der Waals surface area contributed by atoms with Gasteiger partial charge < -0.3 is 0 Å². The Morgan fingerprint density at radius 3 is 2.90 bits per heavy atom. The SMILES string of the molecule is O=C(Cc1ccc2nnsc2c1)[C@@H]1CC1c1ccccc1. The average molecular weight is 294 g/mol. The van der Waals surface area contributed by atoms with Gasteiger partial charge in [0, 0.05) is 12.3 Å². The van der Waals surface area contributed by atoms with Gasteiger partial charge in [-0.15, -0.1) is 5.10 Å². The molecule has 0 amide bonds. The summed E-state index contributed by atoms with van der Waals surface area (Å²) in [5, 5.41) is 4.02. The molecule has 21 heavy (non-hydrogen) atoms. The van der Waals surface area contributed by atoms with Crippen molar-refractivity contribution < 1.29 is 4.79 Å². The molecule has 0 radical (unpaired) electrons. The highest BCUT2D eigenvalue weighted by molar-refractivity contribution is 7.12. The Labute approximate surface area is 126 Å². The van der Waals surface area contributed by atoms with Crippen LogP contribution < -0.4 is 0 Å². The van der Waals surface area contributed by atoms with Crippen LogP contribution in [0.15, 0.2) is 48.5 Å². The number of rotatable bonds is 4. The van der Waals surface area contributed by atoms with Gasteiger partial charge in [0.05, 0.1) is 4.70 Å². The number of fused-ring (bicyclic) bond motifs is 1. The molecule has 1 fully saturated rings. The van der Waals surface area contributed by atoms with Gasteiger partial charge in [0.1, 0.15) is 11.3 Å². The normalized spacial score (nSPS) is 20.6. The van der Waals surface area contributed by atoms with Gasteiger partial charge >= 0.3 is 0 Å². The molecular weight excluding hydrogens is 280 g/mol. The Kier molecular flexibility index (Phi) is 3.04. The molecule has 0 bridgehead atoms. The molecule has 0 saturated heterocycles. The minimum Gasteiger partial charge on any atom is -0.299 e. The van der Waals surface area contributed by atoms with Crippen molar-refractivity contribution >= 4 is 27.5 Å². The first kappa shape index (κ1) is 12.7.